The highest BCUT2D eigenvalue weighted by atomic mass is 79.9. The molecule has 0 amide bonds. The van der Waals surface area contributed by atoms with E-state index in [1.165, 1.54) is 0 Å². The summed E-state index contributed by atoms with van der Waals surface area (Å²) in [5, 5.41) is 0. The minimum Gasteiger partial charge on any atom is -0.398 e. The molecule has 3 nitrogen and oxygen atoms in total. The van der Waals surface area contributed by atoms with E-state index in [-0.39, 0.29) is 18.4 Å². The van der Waals surface area contributed by atoms with E-state index in [4.69, 9.17) is 17.2 Å². The highest BCUT2D eigenvalue weighted by molar-refractivity contribution is 9.11. The number of rotatable bonds is 5. The van der Waals surface area contributed by atoms with Gasteiger partial charge < -0.3 is 17.2 Å². The third-order valence-electron chi connectivity index (χ3n) is 2.50. The van der Waals surface area contributed by atoms with Crippen molar-refractivity contribution in [3.8, 4) is 0 Å². The monoisotopic (exact) mass is 385 g/mol. The maximum atomic E-state index is 6.11. The van der Waals surface area contributed by atoms with Gasteiger partial charge in [0.15, 0.2) is 0 Å². The quantitative estimate of drug-likeness (QED) is 0.536. The van der Waals surface area contributed by atoms with Crippen LogP contribution in [-0.4, -0.2) is 6.54 Å². The van der Waals surface area contributed by atoms with Crippen LogP contribution in [0.5, 0.6) is 0 Å². The van der Waals surface area contributed by atoms with Gasteiger partial charge in [0.1, 0.15) is 0 Å². The molecule has 0 fully saturated rings. The fraction of sp³-hybridized carbons (Fsp3) is 0.455. The van der Waals surface area contributed by atoms with Crippen molar-refractivity contribution in [1.82, 2.24) is 0 Å². The minimum absolute atomic E-state index is 0. The van der Waals surface area contributed by atoms with Gasteiger partial charge >= 0.3 is 0 Å². The molecule has 6 N–H and O–H groups in total. The molecule has 1 atom stereocenters. The van der Waals surface area contributed by atoms with Gasteiger partial charge in [-0.25, -0.2) is 0 Å². The normalized spacial score (nSPS) is 12.0. The van der Waals surface area contributed by atoms with E-state index in [0.717, 1.165) is 39.5 Å². The van der Waals surface area contributed by atoms with Crippen molar-refractivity contribution in [2.24, 2.45) is 11.5 Å². The van der Waals surface area contributed by atoms with E-state index < -0.39 is 0 Å². The summed E-state index contributed by atoms with van der Waals surface area (Å²) in [5.74, 6) is 0. The molecule has 0 unspecified atom stereocenters. The Morgan fingerprint density at radius 2 is 1.82 bits per heavy atom. The van der Waals surface area contributed by atoms with Gasteiger partial charge in [-0.2, -0.15) is 0 Å². The van der Waals surface area contributed by atoms with Gasteiger partial charge in [-0.1, -0.05) is 22.4 Å². The number of hydrogen-bond donors (Lipinski definition) is 3. The van der Waals surface area contributed by atoms with Crippen molar-refractivity contribution in [3.05, 3.63) is 26.6 Å². The lowest BCUT2D eigenvalue weighted by Crippen LogP contribution is -2.13. The predicted octanol–water partition coefficient (Wildman–Crippen LogP) is 3.34. The Bertz CT molecular complexity index is 361. The first-order valence-electron chi connectivity index (χ1n) is 5.26. The van der Waals surface area contributed by atoms with E-state index in [0.29, 0.717) is 6.54 Å². The fourth-order valence-electron chi connectivity index (χ4n) is 1.58. The van der Waals surface area contributed by atoms with Crippen LogP contribution in [0.4, 0.5) is 5.69 Å². The number of halogens is 3. The van der Waals surface area contributed by atoms with Crippen LogP contribution in [0.3, 0.4) is 0 Å². The summed E-state index contributed by atoms with van der Waals surface area (Å²) in [6, 6.07) is 3.87. The molecule has 1 aromatic carbocycles. The van der Waals surface area contributed by atoms with Crippen molar-refractivity contribution in [2.75, 3.05) is 12.3 Å². The Morgan fingerprint density at radius 3 is 2.41 bits per heavy atom. The highest BCUT2D eigenvalue weighted by Crippen LogP contribution is 2.32. The van der Waals surface area contributed by atoms with Crippen molar-refractivity contribution in [2.45, 2.75) is 25.3 Å². The summed E-state index contributed by atoms with van der Waals surface area (Å²) >= 11 is 6.85. The van der Waals surface area contributed by atoms with E-state index in [1.54, 1.807) is 0 Å². The molecule has 0 saturated carbocycles. The van der Waals surface area contributed by atoms with Crippen molar-refractivity contribution in [3.63, 3.8) is 0 Å². The average Bonchev–Trinajstić information content (AvgIpc) is 2.23. The van der Waals surface area contributed by atoms with Crippen LogP contribution in [0.1, 0.15) is 30.9 Å². The maximum absolute atomic E-state index is 6.11. The maximum Gasteiger partial charge on any atom is 0.0507 e. The van der Waals surface area contributed by atoms with Gasteiger partial charge in [0.25, 0.3) is 0 Å². The third kappa shape index (κ3) is 5.14. The molecular formula is C11H18Br2ClN3. The van der Waals surface area contributed by atoms with Crippen LogP contribution in [0.25, 0.3) is 0 Å². The molecule has 0 saturated heterocycles. The Hall–Kier alpha value is 0.190. The number of nitrogens with two attached hydrogens (primary N) is 3. The molecule has 1 rings (SSSR count). The zero-order valence-corrected chi connectivity index (χ0v) is 13.4. The molecule has 0 spiro atoms. The standard InChI is InChI=1S/C11H17Br2N3.ClH/c12-7-5-8(11(16)9(13)6-7)10(15)3-1-2-4-14;/h5-6,10H,1-4,14-16H2;1H/t10-;/m1./s1. The fourth-order valence-corrected chi connectivity index (χ4v) is 2.83. The first kappa shape index (κ1) is 17.2. The van der Waals surface area contributed by atoms with Gasteiger partial charge in [-0.05, 0) is 53.0 Å². The van der Waals surface area contributed by atoms with Crippen molar-refractivity contribution >= 4 is 50.0 Å². The molecule has 0 aliphatic rings. The van der Waals surface area contributed by atoms with Crippen molar-refractivity contribution < 1.29 is 0 Å². The SMILES string of the molecule is Cl.NCCCC[C@@H](N)c1cc(Br)cc(Br)c1N. The smallest absolute Gasteiger partial charge is 0.0507 e. The number of benzene rings is 1. The zero-order valence-electron chi connectivity index (χ0n) is 9.46. The molecule has 0 bridgehead atoms. The van der Waals surface area contributed by atoms with Gasteiger partial charge in [0, 0.05) is 15.0 Å². The molecule has 0 aliphatic heterocycles. The third-order valence-corrected chi connectivity index (χ3v) is 3.61. The Labute approximate surface area is 125 Å². The second-order valence-electron chi connectivity index (χ2n) is 3.78. The molecule has 0 heterocycles. The first-order chi connectivity index (χ1) is 7.56. The second-order valence-corrected chi connectivity index (χ2v) is 5.55. The molecule has 0 radical (unpaired) electrons. The number of unbranched alkanes of at least 4 members (excludes halogenated alkanes) is 1. The molecule has 0 aliphatic carbocycles. The largest absolute Gasteiger partial charge is 0.398 e. The average molecular weight is 388 g/mol. The molecule has 98 valence electrons. The van der Waals surface area contributed by atoms with Crippen LogP contribution in [0, 0.1) is 0 Å². The summed E-state index contributed by atoms with van der Waals surface area (Å²) in [7, 11) is 0. The van der Waals surface area contributed by atoms with Crippen LogP contribution in [-0.2, 0) is 0 Å². The highest BCUT2D eigenvalue weighted by Gasteiger charge is 2.12. The number of nitrogen functional groups attached to an aromatic ring is 1. The van der Waals surface area contributed by atoms with Gasteiger partial charge in [-0.3, -0.25) is 0 Å². The topological polar surface area (TPSA) is 78.1 Å². The molecular weight excluding hydrogens is 369 g/mol. The van der Waals surface area contributed by atoms with Gasteiger partial charge in [0.2, 0.25) is 0 Å². The number of anilines is 1. The van der Waals surface area contributed by atoms with Crippen LogP contribution in [0.2, 0.25) is 0 Å². The summed E-state index contributed by atoms with van der Waals surface area (Å²) in [6.45, 7) is 0.713. The van der Waals surface area contributed by atoms with E-state index >= 15 is 0 Å². The van der Waals surface area contributed by atoms with E-state index in [2.05, 4.69) is 31.9 Å². The summed E-state index contributed by atoms with van der Waals surface area (Å²) < 4.78 is 1.86. The lowest BCUT2D eigenvalue weighted by molar-refractivity contribution is 0.592. The lowest BCUT2D eigenvalue weighted by Gasteiger charge is -2.16. The lowest BCUT2D eigenvalue weighted by atomic mass is 10.0. The Morgan fingerprint density at radius 1 is 1.18 bits per heavy atom. The molecule has 1 aromatic rings. The van der Waals surface area contributed by atoms with Crippen LogP contribution >= 0.6 is 44.3 Å². The van der Waals surface area contributed by atoms with Crippen LogP contribution < -0.4 is 17.2 Å². The number of hydrogen-bond acceptors (Lipinski definition) is 3. The molecule has 17 heavy (non-hydrogen) atoms. The Balaban J connectivity index is 0.00000256. The van der Waals surface area contributed by atoms with Crippen molar-refractivity contribution in [1.29, 1.82) is 0 Å². The first-order valence-corrected chi connectivity index (χ1v) is 6.85. The summed E-state index contributed by atoms with van der Waals surface area (Å²) in [4.78, 5) is 0. The Kier molecular flexibility index (Phi) is 8.41. The minimum atomic E-state index is -0.0275. The second kappa shape index (κ2) is 8.32. The van der Waals surface area contributed by atoms with Gasteiger partial charge in [0.05, 0.1) is 5.69 Å². The summed E-state index contributed by atoms with van der Waals surface area (Å²) in [5.41, 5.74) is 19.3. The van der Waals surface area contributed by atoms with Gasteiger partial charge in [-0.15, -0.1) is 12.4 Å². The van der Waals surface area contributed by atoms with E-state index in [1.807, 2.05) is 12.1 Å². The van der Waals surface area contributed by atoms with E-state index in [9.17, 15) is 0 Å². The predicted molar refractivity (Wildman–Crippen MR) is 83.3 cm³/mol. The van der Waals surface area contributed by atoms with Crippen LogP contribution in [0.15, 0.2) is 21.1 Å². The molecule has 6 heteroatoms. The molecule has 0 aromatic heterocycles. The summed E-state index contributed by atoms with van der Waals surface area (Å²) in [6.07, 6.45) is 2.94. The zero-order chi connectivity index (χ0) is 12.1.